The zero-order valence-electron chi connectivity index (χ0n) is 17.6. The number of fused-ring (bicyclic) bond motifs is 3. The number of nitrogens with zero attached hydrogens (tertiary/aromatic N) is 1. The van der Waals surface area contributed by atoms with Gasteiger partial charge in [0.05, 0.1) is 13.2 Å². The SMILES string of the molecule is CCOCCCNC(=O)N1CCc2c([nH]c3ccccc23)[C@@H]1c1ccc(OC)cc1. The second-order valence-electron chi connectivity index (χ2n) is 7.46. The number of aromatic nitrogens is 1. The molecule has 6 nitrogen and oxygen atoms in total. The molecule has 2 aromatic carbocycles. The Hall–Kier alpha value is -2.99. The van der Waals surface area contributed by atoms with Gasteiger partial charge in [-0.2, -0.15) is 0 Å². The van der Waals surface area contributed by atoms with E-state index in [2.05, 4.69) is 28.5 Å². The third kappa shape index (κ3) is 4.00. The fraction of sp³-hybridized carbons (Fsp3) is 0.375. The Morgan fingerprint density at radius 2 is 2.00 bits per heavy atom. The number of carbonyl (C=O) groups excluding carboxylic acids is 1. The summed E-state index contributed by atoms with van der Waals surface area (Å²) in [4.78, 5) is 18.6. The molecule has 0 spiro atoms. The van der Waals surface area contributed by atoms with Crippen molar-refractivity contribution in [3.8, 4) is 5.75 Å². The second-order valence-corrected chi connectivity index (χ2v) is 7.46. The molecule has 0 fully saturated rings. The van der Waals surface area contributed by atoms with Crippen molar-refractivity contribution >= 4 is 16.9 Å². The van der Waals surface area contributed by atoms with Crippen molar-refractivity contribution in [3.63, 3.8) is 0 Å². The number of aromatic amines is 1. The van der Waals surface area contributed by atoms with Crippen molar-refractivity contribution in [2.75, 3.05) is 33.4 Å². The fourth-order valence-electron chi connectivity index (χ4n) is 4.21. The van der Waals surface area contributed by atoms with Gasteiger partial charge in [0.15, 0.2) is 0 Å². The number of hydrogen-bond acceptors (Lipinski definition) is 3. The molecule has 6 heteroatoms. The summed E-state index contributed by atoms with van der Waals surface area (Å²) in [5, 5.41) is 4.31. The molecule has 4 rings (SSSR count). The first-order valence-electron chi connectivity index (χ1n) is 10.6. The van der Waals surface area contributed by atoms with Crippen molar-refractivity contribution in [1.82, 2.24) is 15.2 Å². The van der Waals surface area contributed by atoms with Crippen LogP contribution in [0.25, 0.3) is 10.9 Å². The molecule has 0 saturated heterocycles. The highest BCUT2D eigenvalue weighted by atomic mass is 16.5. The van der Waals surface area contributed by atoms with Crippen LogP contribution in [0.2, 0.25) is 0 Å². The van der Waals surface area contributed by atoms with Crippen LogP contribution in [0.5, 0.6) is 5.75 Å². The van der Waals surface area contributed by atoms with Crippen LogP contribution in [-0.2, 0) is 11.2 Å². The first-order valence-corrected chi connectivity index (χ1v) is 10.6. The van der Waals surface area contributed by atoms with E-state index in [1.165, 1.54) is 10.9 Å². The lowest BCUT2D eigenvalue weighted by atomic mass is 9.92. The zero-order valence-corrected chi connectivity index (χ0v) is 17.6. The summed E-state index contributed by atoms with van der Waals surface area (Å²) in [7, 11) is 1.66. The summed E-state index contributed by atoms with van der Waals surface area (Å²) in [5.74, 6) is 0.804. The van der Waals surface area contributed by atoms with E-state index < -0.39 is 0 Å². The Labute approximate surface area is 177 Å². The number of hydrogen-bond donors (Lipinski definition) is 2. The molecule has 2 amide bonds. The van der Waals surface area contributed by atoms with Crippen LogP contribution in [0.15, 0.2) is 48.5 Å². The summed E-state index contributed by atoms with van der Waals surface area (Å²) in [6, 6.07) is 16.1. The molecule has 3 aromatic rings. The molecule has 1 aromatic heterocycles. The number of para-hydroxylation sites is 1. The highest BCUT2D eigenvalue weighted by molar-refractivity contribution is 5.86. The van der Waals surface area contributed by atoms with Gasteiger partial charge in [0.1, 0.15) is 5.75 Å². The van der Waals surface area contributed by atoms with Crippen molar-refractivity contribution in [3.05, 3.63) is 65.4 Å². The number of methoxy groups -OCH3 is 1. The molecule has 0 saturated carbocycles. The maximum absolute atomic E-state index is 13.1. The molecule has 30 heavy (non-hydrogen) atoms. The van der Waals surface area contributed by atoms with Gasteiger partial charge in [-0.1, -0.05) is 30.3 Å². The monoisotopic (exact) mass is 407 g/mol. The van der Waals surface area contributed by atoms with Crippen molar-refractivity contribution < 1.29 is 14.3 Å². The Morgan fingerprint density at radius 1 is 1.20 bits per heavy atom. The number of benzene rings is 2. The van der Waals surface area contributed by atoms with E-state index in [-0.39, 0.29) is 12.1 Å². The van der Waals surface area contributed by atoms with Crippen molar-refractivity contribution in [2.24, 2.45) is 0 Å². The molecule has 0 aliphatic carbocycles. The Kier molecular flexibility index (Phi) is 6.23. The molecule has 1 atom stereocenters. The smallest absolute Gasteiger partial charge is 0.318 e. The Morgan fingerprint density at radius 3 is 2.77 bits per heavy atom. The fourth-order valence-corrected chi connectivity index (χ4v) is 4.21. The van der Waals surface area contributed by atoms with Gasteiger partial charge in [-0.25, -0.2) is 4.79 Å². The topological polar surface area (TPSA) is 66.6 Å². The number of H-pyrrole nitrogens is 1. The molecule has 1 aliphatic rings. The summed E-state index contributed by atoms with van der Waals surface area (Å²) in [6.45, 7) is 4.60. The Balaban J connectivity index is 1.64. The first-order chi connectivity index (χ1) is 14.7. The number of urea groups is 1. The third-order valence-corrected chi connectivity index (χ3v) is 5.67. The average molecular weight is 408 g/mol. The van der Waals surface area contributed by atoms with Crippen LogP contribution < -0.4 is 10.1 Å². The van der Waals surface area contributed by atoms with Gasteiger partial charge < -0.3 is 24.7 Å². The van der Waals surface area contributed by atoms with Gasteiger partial charge in [-0.3, -0.25) is 0 Å². The number of nitrogens with one attached hydrogen (secondary N) is 2. The molecular weight excluding hydrogens is 378 g/mol. The normalized spacial score (nSPS) is 15.8. The molecule has 2 N–H and O–H groups in total. The van der Waals surface area contributed by atoms with Gasteiger partial charge >= 0.3 is 6.03 Å². The largest absolute Gasteiger partial charge is 0.497 e. The van der Waals surface area contributed by atoms with E-state index in [0.29, 0.717) is 26.3 Å². The summed E-state index contributed by atoms with van der Waals surface area (Å²) >= 11 is 0. The van der Waals surface area contributed by atoms with E-state index in [0.717, 1.165) is 35.4 Å². The quantitative estimate of drug-likeness (QED) is 0.575. The van der Waals surface area contributed by atoms with Crippen molar-refractivity contribution in [2.45, 2.75) is 25.8 Å². The van der Waals surface area contributed by atoms with Crippen LogP contribution in [-0.4, -0.2) is 49.3 Å². The van der Waals surface area contributed by atoms with Gasteiger partial charge in [-0.05, 0) is 49.1 Å². The summed E-state index contributed by atoms with van der Waals surface area (Å²) < 4.78 is 10.7. The second kappa shape index (κ2) is 9.22. The minimum atomic E-state index is -0.168. The van der Waals surface area contributed by atoms with Gasteiger partial charge in [-0.15, -0.1) is 0 Å². The summed E-state index contributed by atoms with van der Waals surface area (Å²) in [6.07, 6.45) is 1.64. The minimum Gasteiger partial charge on any atom is -0.497 e. The number of carbonyl (C=O) groups is 1. The highest BCUT2D eigenvalue weighted by Gasteiger charge is 2.34. The zero-order chi connectivity index (χ0) is 20.9. The van der Waals surface area contributed by atoms with Gasteiger partial charge in [0, 0.05) is 42.9 Å². The van der Waals surface area contributed by atoms with E-state index in [4.69, 9.17) is 9.47 Å². The first kappa shape index (κ1) is 20.3. The molecule has 158 valence electrons. The van der Waals surface area contributed by atoms with Crippen molar-refractivity contribution in [1.29, 1.82) is 0 Å². The average Bonchev–Trinajstić information content (AvgIpc) is 3.17. The molecular formula is C24H29N3O3. The van der Waals surface area contributed by atoms with Crippen LogP contribution in [0.4, 0.5) is 4.79 Å². The lowest BCUT2D eigenvalue weighted by molar-refractivity contribution is 0.143. The van der Waals surface area contributed by atoms with E-state index in [1.54, 1.807) is 7.11 Å². The Bertz CT molecular complexity index is 997. The van der Waals surface area contributed by atoms with Crippen LogP contribution >= 0.6 is 0 Å². The molecule has 1 aliphatic heterocycles. The van der Waals surface area contributed by atoms with Crippen LogP contribution in [0, 0.1) is 0 Å². The van der Waals surface area contributed by atoms with E-state index in [1.807, 2.05) is 42.2 Å². The van der Waals surface area contributed by atoms with E-state index >= 15 is 0 Å². The van der Waals surface area contributed by atoms with Crippen LogP contribution in [0.3, 0.4) is 0 Å². The maximum Gasteiger partial charge on any atom is 0.318 e. The molecule has 0 unspecified atom stereocenters. The maximum atomic E-state index is 13.1. The van der Waals surface area contributed by atoms with Crippen LogP contribution in [0.1, 0.15) is 36.2 Å². The molecule has 0 bridgehead atoms. The third-order valence-electron chi connectivity index (χ3n) is 5.67. The van der Waals surface area contributed by atoms with Gasteiger partial charge in [0.2, 0.25) is 0 Å². The lowest BCUT2D eigenvalue weighted by Gasteiger charge is -2.36. The van der Waals surface area contributed by atoms with E-state index in [9.17, 15) is 4.79 Å². The predicted octanol–water partition coefficient (Wildman–Crippen LogP) is 4.26. The highest BCUT2D eigenvalue weighted by Crippen LogP contribution is 2.38. The number of amides is 2. The number of rotatable bonds is 7. The number of ether oxygens (including phenoxy) is 2. The summed E-state index contributed by atoms with van der Waals surface area (Å²) in [5.41, 5.74) is 4.57. The lowest BCUT2D eigenvalue weighted by Crippen LogP contribution is -2.46. The molecule has 2 heterocycles. The van der Waals surface area contributed by atoms with Gasteiger partial charge in [0.25, 0.3) is 0 Å². The minimum absolute atomic E-state index is 0.0448. The predicted molar refractivity (Wildman–Crippen MR) is 118 cm³/mol. The standard InChI is InChI=1S/C24H29N3O3/c1-3-30-16-6-14-25-24(28)27-15-13-20-19-7-4-5-8-21(19)26-22(20)23(27)17-9-11-18(29-2)12-10-17/h4-5,7-12,23,26H,3,6,13-16H2,1-2H3,(H,25,28)/t23-/m0/s1. The molecule has 0 radical (unpaired) electrons.